The Morgan fingerprint density at radius 3 is 2.55 bits per heavy atom. The zero-order valence-electron chi connectivity index (χ0n) is 12.5. The Labute approximate surface area is 126 Å². The minimum Gasteiger partial charge on any atom is -0.489 e. The van der Waals surface area contributed by atoms with Crippen molar-refractivity contribution >= 4 is 11.6 Å². The van der Waals surface area contributed by atoms with E-state index in [4.69, 9.17) is 21.1 Å². The van der Waals surface area contributed by atoms with Crippen LogP contribution in [0.2, 0.25) is 5.02 Å². The molecule has 0 radical (unpaired) electrons. The molecule has 0 spiro atoms. The van der Waals surface area contributed by atoms with E-state index in [-0.39, 0.29) is 0 Å². The molecule has 0 aliphatic carbocycles. The zero-order chi connectivity index (χ0) is 14.4. The Kier molecular flexibility index (Phi) is 6.14. The van der Waals surface area contributed by atoms with Gasteiger partial charge in [0.2, 0.25) is 0 Å². The van der Waals surface area contributed by atoms with Gasteiger partial charge in [-0.15, -0.1) is 0 Å². The molecule has 1 fully saturated rings. The van der Waals surface area contributed by atoms with Crippen molar-refractivity contribution in [2.24, 2.45) is 0 Å². The van der Waals surface area contributed by atoms with Crippen LogP contribution in [0.1, 0.15) is 24.0 Å². The van der Waals surface area contributed by atoms with Gasteiger partial charge in [0.15, 0.2) is 0 Å². The third kappa shape index (κ3) is 4.65. The summed E-state index contributed by atoms with van der Waals surface area (Å²) in [7, 11) is 0. The number of ether oxygens (including phenoxy) is 2. The smallest absolute Gasteiger partial charge is 0.140 e. The standard InChI is InChI=1S/C16H24ClNO2/c1-13-11-14(2)16(15(17)12-13)20-10-9-19-8-7-18-5-3-4-6-18/h11-12H,3-10H2,1-2H3. The lowest BCUT2D eigenvalue weighted by Gasteiger charge is -2.15. The quantitative estimate of drug-likeness (QED) is 0.720. The van der Waals surface area contributed by atoms with Crippen molar-refractivity contribution in [1.82, 2.24) is 4.90 Å². The second-order valence-corrected chi connectivity index (χ2v) is 5.81. The lowest BCUT2D eigenvalue weighted by Crippen LogP contribution is -2.24. The average molecular weight is 298 g/mol. The van der Waals surface area contributed by atoms with Gasteiger partial charge in [-0.2, -0.15) is 0 Å². The van der Waals surface area contributed by atoms with Gasteiger partial charge in [-0.25, -0.2) is 0 Å². The van der Waals surface area contributed by atoms with Crippen molar-refractivity contribution in [3.8, 4) is 5.75 Å². The highest BCUT2D eigenvalue weighted by Crippen LogP contribution is 2.29. The maximum atomic E-state index is 6.19. The fourth-order valence-electron chi connectivity index (χ4n) is 2.59. The Hall–Kier alpha value is -0.770. The minimum absolute atomic E-state index is 0.545. The van der Waals surface area contributed by atoms with Crippen LogP contribution in [0.4, 0.5) is 0 Å². The first-order valence-electron chi connectivity index (χ1n) is 7.36. The third-order valence-corrected chi connectivity index (χ3v) is 3.88. The predicted octanol–water partition coefficient (Wildman–Crippen LogP) is 3.45. The number of nitrogens with zero attached hydrogens (tertiary/aromatic N) is 1. The summed E-state index contributed by atoms with van der Waals surface area (Å²) in [6.45, 7) is 9.46. The average Bonchev–Trinajstić information content (AvgIpc) is 2.89. The molecular weight excluding hydrogens is 274 g/mol. The number of halogens is 1. The van der Waals surface area contributed by atoms with Gasteiger partial charge in [-0.3, -0.25) is 0 Å². The second kappa shape index (κ2) is 7.87. The van der Waals surface area contributed by atoms with Crippen molar-refractivity contribution in [1.29, 1.82) is 0 Å². The number of benzene rings is 1. The summed E-state index contributed by atoms with van der Waals surface area (Å²) in [5.41, 5.74) is 2.23. The molecule has 2 rings (SSSR count). The highest BCUT2D eigenvalue weighted by Gasteiger charge is 2.10. The number of likely N-dealkylation sites (tertiary alicyclic amines) is 1. The number of hydrogen-bond donors (Lipinski definition) is 0. The molecule has 0 N–H and O–H groups in total. The molecule has 0 amide bonds. The molecule has 20 heavy (non-hydrogen) atoms. The third-order valence-electron chi connectivity index (χ3n) is 3.60. The SMILES string of the molecule is Cc1cc(C)c(OCCOCCN2CCCC2)c(Cl)c1. The molecule has 1 saturated heterocycles. The second-order valence-electron chi connectivity index (χ2n) is 5.40. The lowest BCUT2D eigenvalue weighted by molar-refractivity contribution is 0.0844. The minimum atomic E-state index is 0.545. The van der Waals surface area contributed by atoms with Gasteiger partial charge in [0.25, 0.3) is 0 Å². The van der Waals surface area contributed by atoms with Gasteiger partial charge in [-0.05, 0) is 57.0 Å². The fourth-order valence-corrected chi connectivity index (χ4v) is 2.97. The maximum absolute atomic E-state index is 6.19. The first-order valence-corrected chi connectivity index (χ1v) is 7.74. The van der Waals surface area contributed by atoms with Crippen LogP contribution in [-0.4, -0.2) is 44.4 Å². The van der Waals surface area contributed by atoms with E-state index in [0.29, 0.717) is 18.2 Å². The molecule has 1 aliphatic rings. The van der Waals surface area contributed by atoms with E-state index in [1.807, 2.05) is 19.9 Å². The van der Waals surface area contributed by atoms with Gasteiger partial charge in [0, 0.05) is 6.54 Å². The van der Waals surface area contributed by atoms with Crippen LogP contribution in [0, 0.1) is 13.8 Å². The van der Waals surface area contributed by atoms with E-state index in [9.17, 15) is 0 Å². The Morgan fingerprint density at radius 2 is 1.85 bits per heavy atom. The van der Waals surface area contributed by atoms with Crippen molar-refractivity contribution in [3.05, 3.63) is 28.3 Å². The summed E-state index contributed by atoms with van der Waals surface area (Å²) in [6.07, 6.45) is 2.66. The summed E-state index contributed by atoms with van der Waals surface area (Å²) in [5, 5.41) is 0.680. The highest BCUT2D eigenvalue weighted by atomic mass is 35.5. The monoisotopic (exact) mass is 297 g/mol. The fraction of sp³-hybridized carbons (Fsp3) is 0.625. The van der Waals surface area contributed by atoms with E-state index in [0.717, 1.165) is 30.0 Å². The van der Waals surface area contributed by atoms with E-state index in [1.165, 1.54) is 25.9 Å². The molecule has 1 aromatic rings. The van der Waals surface area contributed by atoms with Gasteiger partial charge in [0.05, 0.1) is 18.2 Å². The Balaban J connectivity index is 1.63. The van der Waals surface area contributed by atoms with Crippen LogP contribution in [0.3, 0.4) is 0 Å². The topological polar surface area (TPSA) is 21.7 Å². The molecule has 1 heterocycles. The number of hydrogen-bond acceptors (Lipinski definition) is 3. The molecule has 3 nitrogen and oxygen atoms in total. The first kappa shape index (κ1) is 15.6. The molecule has 0 unspecified atom stereocenters. The van der Waals surface area contributed by atoms with Crippen LogP contribution < -0.4 is 4.74 Å². The summed E-state index contributed by atoms with van der Waals surface area (Å²) in [4.78, 5) is 2.45. The van der Waals surface area contributed by atoms with Gasteiger partial charge in [-0.1, -0.05) is 17.7 Å². The Morgan fingerprint density at radius 1 is 1.10 bits per heavy atom. The van der Waals surface area contributed by atoms with E-state index in [2.05, 4.69) is 11.0 Å². The first-order chi connectivity index (χ1) is 9.66. The van der Waals surface area contributed by atoms with Crippen LogP contribution in [-0.2, 0) is 4.74 Å². The number of rotatable bonds is 7. The van der Waals surface area contributed by atoms with Crippen molar-refractivity contribution < 1.29 is 9.47 Å². The Bertz CT molecular complexity index is 407. The van der Waals surface area contributed by atoms with Gasteiger partial charge in [0.1, 0.15) is 12.4 Å². The molecular formula is C16H24ClNO2. The van der Waals surface area contributed by atoms with Crippen LogP contribution >= 0.6 is 11.6 Å². The van der Waals surface area contributed by atoms with E-state index in [1.54, 1.807) is 0 Å². The molecule has 112 valence electrons. The molecule has 0 saturated carbocycles. The van der Waals surface area contributed by atoms with Crippen molar-refractivity contribution in [2.45, 2.75) is 26.7 Å². The van der Waals surface area contributed by atoms with Gasteiger partial charge >= 0.3 is 0 Å². The highest BCUT2D eigenvalue weighted by molar-refractivity contribution is 6.32. The van der Waals surface area contributed by atoms with Crippen molar-refractivity contribution in [2.75, 3.05) is 39.5 Å². The summed E-state index contributed by atoms with van der Waals surface area (Å²) in [6, 6.07) is 4.01. The summed E-state index contributed by atoms with van der Waals surface area (Å²) in [5.74, 6) is 0.778. The van der Waals surface area contributed by atoms with E-state index >= 15 is 0 Å². The molecule has 4 heteroatoms. The molecule has 0 bridgehead atoms. The van der Waals surface area contributed by atoms with Crippen LogP contribution in [0.15, 0.2) is 12.1 Å². The molecule has 1 aromatic carbocycles. The van der Waals surface area contributed by atoms with Crippen LogP contribution in [0.25, 0.3) is 0 Å². The predicted molar refractivity (Wildman–Crippen MR) is 82.9 cm³/mol. The van der Waals surface area contributed by atoms with Crippen LogP contribution in [0.5, 0.6) is 5.75 Å². The molecule has 1 aliphatic heterocycles. The van der Waals surface area contributed by atoms with E-state index < -0.39 is 0 Å². The normalized spacial score (nSPS) is 15.8. The largest absolute Gasteiger partial charge is 0.489 e. The van der Waals surface area contributed by atoms with Crippen molar-refractivity contribution in [3.63, 3.8) is 0 Å². The number of aryl methyl sites for hydroxylation is 2. The zero-order valence-corrected chi connectivity index (χ0v) is 13.2. The molecule has 0 atom stereocenters. The molecule has 0 aromatic heterocycles. The summed E-state index contributed by atoms with van der Waals surface area (Å²) < 4.78 is 11.3. The maximum Gasteiger partial charge on any atom is 0.140 e. The summed E-state index contributed by atoms with van der Waals surface area (Å²) >= 11 is 6.19. The van der Waals surface area contributed by atoms with Gasteiger partial charge < -0.3 is 14.4 Å². The lowest BCUT2D eigenvalue weighted by atomic mass is 10.1.